The first-order valence-corrected chi connectivity index (χ1v) is 6.44. The van der Waals surface area contributed by atoms with Crippen molar-refractivity contribution in [3.05, 3.63) is 34.9 Å². The normalized spacial score (nSPS) is 14.6. The zero-order chi connectivity index (χ0) is 12.9. The van der Waals surface area contributed by atoms with Crippen LogP contribution < -0.4 is 5.32 Å². The average molecular weight is 235 g/mol. The lowest BCUT2D eigenvalue weighted by Crippen LogP contribution is -2.32. The molecule has 0 heterocycles. The van der Waals surface area contributed by atoms with Crippen molar-refractivity contribution in [2.75, 3.05) is 13.1 Å². The van der Waals surface area contributed by atoms with Crippen LogP contribution in [0.15, 0.2) is 18.2 Å². The van der Waals surface area contributed by atoms with E-state index in [4.69, 9.17) is 0 Å². The standard InChI is InChI=1S/C15H25NO/c1-5-16-9-8-15(4,17)11-14-10-12(2)6-7-13(14)3/h6-7,10,16-17H,5,8-9,11H2,1-4H3. The van der Waals surface area contributed by atoms with E-state index in [0.29, 0.717) is 0 Å². The average Bonchev–Trinajstić information content (AvgIpc) is 2.23. The number of rotatable bonds is 6. The summed E-state index contributed by atoms with van der Waals surface area (Å²) in [4.78, 5) is 0. The molecule has 1 unspecified atom stereocenters. The van der Waals surface area contributed by atoms with Crippen LogP contribution in [0.2, 0.25) is 0 Å². The van der Waals surface area contributed by atoms with Gasteiger partial charge < -0.3 is 10.4 Å². The minimum atomic E-state index is -0.624. The van der Waals surface area contributed by atoms with Crippen molar-refractivity contribution in [1.29, 1.82) is 0 Å². The highest BCUT2D eigenvalue weighted by Crippen LogP contribution is 2.20. The molecule has 1 atom stereocenters. The third-order valence-electron chi connectivity index (χ3n) is 3.17. The molecule has 1 aromatic carbocycles. The molecule has 2 heteroatoms. The van der Waals surface area contributed by atoms with E-state index in [0.717, 1.165) is 25.9 Å². The SMILES string of the molecule is CCNCCC(C)(O)Cc1cc(C)ccc1C. The molecule has 0 aliphatic heterocycles. The smallest absolute Gasteiger partial charge is 0.0672 e. The second-order valence-electron chi connectivity index (χ2n) is 5.21. The maximum Gasteiger partial charge on any atom is 0.0672 e. The molecule has 2 N–H and O–H groups in total. The van der Waals surface area contributed by atoms with Gasteiger partial charge in [-0.25, -0.2) is 0 Å². The summed E-state index contributed by atoms with van der Waals surface area (Å²) in [6, 6.07) is 6.42. The molecule has 0 bridgehead atoms. The van der Waals surface area contributed by atoms with E-state index in [9.17, 15) is 5.11 Å². The van der Waals surface area contributed by atoms with Gasteiger partial charge in [-0.2, -0.15) is 0 Å². The van der Waals surface area contributed by atoms with E-state index in [2.05, 4.69) is 44.3 Å². The molecule has 2 nitrogen and oxygen atoms in total. The molecule has 0 radical (unpaired) electrons. The highest BCUT2D eigenvalue weighted by Gasteiger charge is 2.21. The molecule has 0 amide bonds. The van der Waals surface area contributed by atoms with Crippen LogP contribution >= 0.6 is 0 Å². The molecule has 0 saturated heterocycles. The molecule has 0 aliphatic rings. The Kier molecular flexibility index (Phi) is 5.16. The van der Waals surface area contributed by atoms with E-state index < -0.39 is 5.60 Å². The van der Waals surface area contributed by atoms with Crippen molar-refractivity contribution in [3.63, 3.8) is 0 Å². The molecule has 0 spiro atoms. The monoisotopic (exact) mass is 235 g/mol. The molecule has 0 aromatic heterocycles. The van der Waals surface area contributed by atoms with Crippen LogP contribution in [-0.2, 0) is 6.42 Å². The minimum absolute atomic E-state index is 0.624. The Morgan fingerprint density at radius 1 is 1.29 bits per heavy atom. The lowest BCUT2D eigenvalue weighted by molar-refractivity contribution is 0.0515. The topological polar surface area (TPSA) is 32.3 Å². The van der Waals surface area contributed by atoms with Gasteiger partial charge in [0.1, 0.15) is 0 Å². The summed E-state index contributed by atoms with van der Waals surface area (Å²) < 4.78 is 0. The lowest BCUT2D eigenvalue weighted by atomic mass is 9.90. The second-order valence-corrected chi connectivity index (χ2v) is 5.21. The van der Waals surface area contributed by atoms with Gasteiger partial charge in [-0.15, -0.1) is 0 Å². The predicted molar refractivity (Wildman–Crippen MR) is 73.4 cm³/mol. The lowest BCUT2D eigenvalue weighted by Gasteiger charge is -2.24. The van der Waals surface area contributed by atoms with Crippen molar-refractivity contribution < 1.29 is 5.11 Å². The van der Waals surface area contributed by atoms with Gasteiger partial charge in [0.05, 0.1) is 5.60 Å². The fraction of sp³-hybridized carbons (Fsp3) is 0.600. The molecule has 0 saturated carbocycles. The molecule has 1 aromatic rings. The van der Waals surface area contributed by atoms with Crippen LogP contribution in [0.3, 0.4) is 0 Å². The minimum Gasteiger partial charge on any atom is -0.390 e. The quantitative estimate of drug-likeness (QED) is 0.743. The van der Waals surface area contributed by atoms with Gasteiger partial charge in [-0.1, -0.05) is 30.7 Å². The molecular formula is C15H25NO. The van der Waals surface area contributed by atoms with Crippen LogP contribution in [0, 0.1) is 13.8 Å². The van der Waals surface area contributed by atoms with E-state index in [1.54, 1.807) is 0 Å². The van der Waals surface area contributed by atoms with Gasteiger partial charge in [0.15, 0.2) is 0 Å². The summed E-state index contributed by atoms with van der Waals surface area (Å²) in [5.74, 6) is 0. The molecule has 1 rings (SSSR count). The summed E-state index contributed by atoms with van der Waals surface area (Å²) >= 11 is 0. The molecule has 0 aliphatic carbocycles. The maximum atomic E-state index is 10.4. The van der Waals surface area contributed by atoms with Gasteiger partial charge in [-0.05, 0) is 51.4 Å². The number of aliphatic hydroxyl groups is 1. The van der Waals surface area contributed by atoms with Crippen molar-refractivity contribution in [1.82, 2.24) is 5.32 Å². The van der Waals surface area contributed by atoms with Crippen LogP contribution in [0.4, 0.5) is 0 Å². The Bertz CT molecular complexity index is 358. The van der Waals surface area contributed by atoms with Crippen LogP contribution in [-0.4, -0.2) is 23.8 Å². The van der Waals surface area contributed by atoms with Crippen molar-refractivity contribution >= 4 is 0 Å². The molecule has 0 fully saturated rings. The first kappa shape index (κ1) is 14.2. The van der Waals surface area contributed by atoms with Crippen molar-refractivity contribution in [2.45, 2.75) is 46.1 Å². The third-order valence-corrected chi connectivity index (χ3v) is 3.17. The number of hydrogen-bond donors (Lipinski definition) is 2. The highest BCUT2D eigenvalue weighted by atomic mass is 16.3. The van der Waals surface area contributed by atoms with Gasteiger partial charge >= 0.3 is 0 Å². The fourth-order valence-corrected chi connectivity index (χ4v) is 2.02. The van der Waals surface area contributed by atoms with E-state index >= 15 is 0 Å². The summed E-state index contributed by atoms with van der Waals surface area (Å²) in [7, 11) is 0. The Balaban J connectivity index is 2.65. The summed E-state index contributed by atoms with van der Waals surface area (Å²) in [6.45, 7) is 10.0. The van der Waals surface area contributed by atoms with Gasteiger partial charge in [0, 0.05) is 6.42 Å². The van der Waals surface area contributed by atoms with Gasteiger partial charge in [0.2, 0.25) is 0 Å². The third kappa shape index (κ3) is 4.88. The number of aryl methyl sites for hydroxylation is 2. The van der Waals surface area contributed by atoms with Crippen LogP contribution in [0.5, 0.6) is 0 Å². The summed E-state index contributed by atoms with van der Waals surface area (Å²) in [6.07, 6.45) is 1.51. The Labute approximate surface area is 105 Å². The Morgan fingerprint density at radius 3 is 2.65 bits per heavy atom. The Morgan fingerprint density at radius 2 is 2.00 bits per heavy atom. The summed E-state index contributed by atoms with van der Waals surface area (Å²) in [5, 5.41) is 13.6. The van der Waals surface area contributed by atoms with Gasteiger partial charge in [0.25, 0.3) is 0 Å². The zero-order valence-corrected chi connectivity index (χ0v) is 11.5. The highest BCUT2D eigenvalue weighted by molar-refractivity contribution is 5.31. The molecule has 96 valence electrons. The first-order chi connectivity index (χ1) is 7.94. The largest absolute Gasteiger partial charge is 0.390 e. The molecule has 17 heavy (non-hydrogen) atoms. The summed E-state index contributed by atoms with van der Waals surface area (Å²) in [5.41, 5.74) is 3.15. The first-order valence-electron chi connectivity index (χ1n) is 6.44. The number of hydrogen-bond acceptors (Lipinski definition) is 2. The fourth-order valence-electron chi connectivity index (χ4n) is 2.02. The predicted octanol–water partition coefficient (Wildman–Crippen LogP) is 2.60. The zero-order valence-electron chi connectivity index (χ0n) is 11.5. The number of nitrogens with one attached hydrogen (secondary N) is 1. The second kappa shape index (κ2) is 6.18. The number of benzene rings is 1. The van der Waals surface area contributed by atoms with Gasteiger partial charge in [-0.3, -0.25) is 0 Å². The maximum absolute atomic E-state index is 10.4. The van der Waals surface area contributed by atoms with Crippen molar-refractivity contribution in [3.8, 4) is 0 Å². The van der Waals surface area contributed by atoms with E-state index in [1.165, 1.54) is 16.7 Å². The van der Waals surface area contributed by atoms with E-state index in [-0.39, 0.29) is 0 Å². The van der Waals surface area contributed by atoms with Crippen LogP contribution in [0.1, 0.15) is 37.0 Å². The molecular weight excluding hydrogens is 210 g/mol. The van der Waals surface area contributed by atoms with E-state index in [1.807, 2.05) is 6.92 Å². The van der Waals surface area contributed by atoms with Crippen LogP contribution in [0.25, 0.3) is 0 Å². The Hall–Kier alpha value is -0.860. The van der Waals surface area contributed by atoms with Crippen molar-refractivity contribution in [2.24, 2.45) is 0 Å².